The normalized spacial score (nSPS) is 30.6. The number of ether oxygens (including phenoxy) is 1. The van der Waals surface area contributed by atoms with Crippen molar-refractivity contribution in [1.29, 1.82) is 0 Å². The number of nitrogens with one attached hydrogen (secondary N) is 2. The largest absolute Gasteiger partial charge is 0.377 e. The van der Waals surface area contributed by atoms with Gasteiger partial charge in [-0.15, -0.1) is 0 Å². The lowest BCUT2D eigenvalue weighted by molar-refractivity contribution is -0.134. The third kappa shape index (κ3) is 6.90. The van der Waals surface area contributed by atoms with E-state index in [1.807, 2.05) is 0 Å². The molecule has 0 atom stereocenters. The van der Waals surface area contributed by atoms with Gasteiger partial charge in [-0.3, -0.25) is 4.79 Å². The summed E-state index contributed by atoms with van der Waals surface area (Å²) in [5, 5.41) is 6.72. The van der Waals surface area contributed by atoms with Crippen LogP contribution in [0.4, 0.5) is 0 Å². The van der Waals surface area contributed by atoms with Crippen LogP contribution < -0.4 is 10.6 Å². The number of hydrogen-bond acceptors (Lipinski definition) is 3. The summed E-state index contributed by atoms with van der Waals surface area (Å²) in [7, 11) is 0. The lowest BCUT2D eigenvalue weighted by Crippen LogP contribution is -2.47. The molecule has 0 aromatic carbocycles. The van der Waals surface area contributed by atoms with E-state index in [-0.39, 0.29) is 23.5 Å². The first-order chi connectivity index (χ1) is 11.5. The van der Waals surface area contributed by atoms with Gasteiger partial charge in [-0.1, -0.05) is 20.8 Å². The van der Waals surface area contributed by atoms with Gasteiger partial charge in [-0.2, -0.15) is 0 Å². The molecule has 25 heavy (non-hydrogen) atoms. The Bertz CT molecular complexity index is 422. The van der Waals surface area contributed by atoms with Crippen molar-refractivity contribution in [3.8, 4) is 0 Å². The minimum Gasteiger partial charge on any atom is -0.377 e. The molecule has 146 valence electrons. The molecule has 0 saturated heterocycles. The van der Waals surface area contributed by atoms with Crippen molar-refractivity contribution >= 4 is 5.91 Å². The van der Waals surface area contributed by atoms with E-state index in [1.165, 1.54) is 12.8 Å². The molecule has 2 aliphatic carbocycles. The van der Waals surface area contributed by atoms with E-state index in [2.05, 4.69) is 52.2 Å². The molecule has 2 rings (SSSR count). The summed E-state index contributed by atoms with van der Waals surface area (Å²) in [5.74, 6) is 1.22. The van der Waals surface area contributed by atoms with E-state index < -0.39 is 0 Å². The molecular formula is C21H40N2O2. The number of amides is 1. The zero-order valence-corrected chi connectivity index (χ0v) is 17.3. The number of hydrogen-bond donors (Lipinski definition) is 2. The van der Waals surface area contributed by atoms with Crippen molar-refractivity contribution in [1.82, 2.24) is 10.6 Å². The molecule has 0 radical (unpaired) electrons. The van der Waals surface area contributed by atoms with Crippen molar-refractivity contribution in [3.63, 3.8) is 0 Å². The van der Waals surface area contributed by atoms with Gasteiger partial charge < -0.3 is 15.4 Å². The Labute approximate surface area is 154 Å². The van der Waals surface area contributed by atoms with Crippen LogP contribution in [-0.2, 0) is 9.53 Å². The average Bonchev–Trinajstić information content (AvgIpc) is 2.43. The Morgan fingerprint density at radius 1 is 1.00 bits per heavy atom. The second-order valence-corrected chi connectivity index (χ2v) is 10.3. The third-order valence-electron chi connectivity index (χ3n) is 5.87. The Morgan fingerprint density at radius 3 is 2.12 bits per heavy atom. The molecule has 2 aliphatic rings. The third-order valence-corrected chi connectivity index (χ3v) is 5.87. The highest BCUT2D eigenvalue weighted by atomic mass is 16.5. The average molecular weight is 353 g/mol. The van der Waals surface area contributed by atoms with Crippen LogP contribution in [0, 0.1) is 17.3 Å². The van der Waals surface area contributed by atoms with Crippen molar-refractivity contribution in [2.75, 3.05) is 13.2 Å². The summed E-state index contributed by atoms with van der Waals surface area (Å²) in [4.78, 5) is 12.4. The van der Waals surface area contributed by atoms with Gasteiger partial charge in [-0.25, -0.2) is 0 Å². The Hall–Kier alpha value is -0.610. The van der Waals surface area contributed by atoms with Crippen LogP contribution in [0.2, 0.25) is 0 Å². The van der Waals surface area contributed by atoms with Crippen LogP contribution in [0.1, 0.15) is 80.1 Å². The summed E-state index contributed by atoms with van der Waals surface area (Å²) < 4.78 is 5.85. The van der Waals surface area contributed by atoms with Crippen LogP contribution >= 0.6 is 0 Å². The maximum atomic E-state index is 12.4. The molecule has 2 saturated carbocycles. The molecule has 4 nitrogen and oxygen atoms in total. The fraction of sp³-hybridized carbons (Fsp3) is 0.952. The van der Waals surface area contributed by atoms with E-state index in [0.29, 0.717) is 11.5 Å². The van der Waals surface area contributed by atoms with E-state index in [1.54, 1.807) is 0 Å². The molecule has 4 heteroatoms. The molecule has 0 bridgehead atoms. The fourth-order valence-corrected chi connectivity index (χ4v) is 3.99. The standard InChI is InChI=1S/C21H40N2O2/c1-20(2,3)16-7-9-17(10-8-16)23-19(24)15-13-18(14-15)25-12-11-22-21(4,5)6/h15-18,22H,7-14H2,1-6H3,(H,23,24). The molecule has 2 fully saturated rings. The quantitative estimate of drug-likeness (QED) is 0.713. The maximum Gasteiger partial charge on any atom is 0.223 e. The van der Waals surface area contributed by atoms with Gasteiger partial charge in [0.1, 0.15) is 0 Å². The van der Waals surface area contributed by atoms with Gasteiger partial charge in [0.05, 0.1) is 12.7 Å². The molecule has 0 aliphatic heterocycles. The Morgan fingerprint density at radius 2 is 1.60 bits per heavy atom. The second-order valence-electron chi connectivity index (χ2n) is 10.3. The monoisotopic (exact) mass is 352 g/mol. The number of carbonyl (C=O) groups excluding carboxylic acids is 1. The fourth-order valence-electron chi connectivity index (χ4n) is 3.99. The highest BCUT2D eigenvalue weighted by molar-refractivity contribution is 5.80. The molecule has 0 aromatic heterocycles. The summed E-state index contributed by atoms with van der Waals surface area (Å²) in [6.45, 7) is 15.1. The minimum atomic E-state index is 0.136. The van der Waals surface area contributed by atoms with Gasteiger partial charge in [0, 0.05) is 24.0 Å². The highest BCUT2D eigenvalue weighted by Crippen LogP contribution is 2.38. The summed E-state index contributed by atoms with van der Waals surface area (Å²) in [6, 6.07) is 0.391. The predicted octanol–water partition coefficient (Wildman–Crippen LogP) is 3.89. The van der Waals surface area contributed by atoms with E-state index in [4.69, 9.17) is 4.74 Å². The lowest BCUT2D eigenvalue weighted by Gasteiger charge is -2.39. The number of rotatable bonds is 6. The van der Waals surface area contributed by atoms with Crippen LogP contribution in [0.3, 0.4) is 0 Å². The van der Waals surface area contributed by atoms with Gasteiger partial charge in [0.25, 0.3) is 0 Å². The summed E-state index contributed by atoms with van der Waals surface area (Å²) in [6.07, 6.45) is 6.81. The molecule has 1 amide bonds. The minimum absolute atomic E-state index is 0.136. The lowest BCUT2D eigenvalue weighted by atomic mass is 9.71. The Kier molecular flexibility index (Phi) is 6.94. The van der Waals surface area contributed by atoms with Gasteiger partial charge in [-0.05, 0) is 70.6 Å². The zero-order chi connectivity index (χ0) is 18.7. The molecule has 2 N–H and O–H groups in total. The van der Waals surface area contributed by atoms with Gasteiger partial charge >= 0.3 is 0 Å². The first kappa shape index (κ1) is 20.7. The van der Waals surface area contributed by atoms with Crippen molar-refractivity contribution in [2.24, 2.45) is 17.3 Å². The molecule has 0 unspecified atom stereocenters. The number of carbonyl (C=O) groups is 1. The Balaban J connectivity index is 1.57. The second kappa shape index (κ2) is 8.39. The predicted molar refractivity (Wildman–Crippen MR) is 104 cm³/mol. The van der Waals surface area contributed by atoms with Crippen molar-refractivity contribution in [2.45, 2.75) is 97.8 Å². The van der Waals surface area contributed by atoms with E-state index in [9.17, 15) is 4.79 Å². The SMILES string of the molecule is CC(C)(C)NCCOC1CC(C(=O)NC2CCC(C(C)(C)C)CC2)C1. The van der Waals surface area contributed by atoms with Crippen molar-refractivity contribution in [3.05, 3.63) is 0 Å². The maximum absolute atomic E-state index is 12.4. The van der Waals surface area contributed by atoms with Gasteiger partial charge in [0.15, 0.2) is 0 Å². The molecular weight excluding hydrogens is 312 g/mol. The van der Waals surface area contributed by atoms with Crippen LogP contribution in [-0.4, -0.2) is 36.7 Å². The van der Waals surface area contributed by atoms with Crippen molar-refractivity contribution < 1.29 is 9.53 Å². The van der Waals surface area contributed by atoms with Gasteiger partial charge in [0.2, 0.25) is 5.91 Å². The zero-order valence-electron chi connectivity index (χ0n) is 17.3. The van der Waals surface area contributed by atoms with E-state index in [0.717, 1.165) is 44.8 Å². The van der Waals surface area contributed by atoms with Crippen LogP contribution in [0.15, 0.2) is 0 Å². The first-order valence-corrected chi connectivity index (χ1v) is 10.2. The summed E-state index contributed by atoms with van der Waals surface area (Å²) >= 11 is 0. The topological polar surface area (TPSA) is 50.4 Å². The molecule has 0 spiro atoms. The first-order valence-electron chi connectivity index (χ1n) is 10.2. The molecule has 0 heterocycles. The summed E-state index contributed by atoms with van der Waals surface area (Å²) in [5.41, 5.74) is 0.534. The van der Waals surface area contributed by atoms with Crippen LogP contribution in [0.25, 0.3) is 0 Å². The van der Waals surface area contributed by atoms with Crippen LogP contribution in [0.5, 0.6) is 0 Å². The smallest absolute Gasteiger partial charge is 0.223 e. The molecule has 0 aromatic rings. The van der Waals surface area contributed by atoms with E-state index >= 15 is 0 Å². The highest BCUT2D eigenvalue weighted by Gasteiger charge is 2.37.